The van der Waals surface area contributed by atoms with E-state index < -0.39 is 16.1 Å². The first-order valence-electron chi connectivity index (χ1n) is 4.20. The minimum Gasteiger partial charge on any atom is -0.207 e. The molecule has 3 nitrogen and oxygen atoms in total. The van der Waals surface area contributed by atoms with Crippen molar-refractivity contribution in [3.63, 3.8) is 0 Å². The zero-order valence-corrected chi connectivity index (χ0v) is 10.5. The minimum absolute atomic E-state index is 0.193. The minimum atomic E-state index is -3.52. The van der Waals surface area contributed by atoms with Gasteiger partial charge in [0.2, 0.25) is 10.0 Å². The molecule has 1 aromatic rings. The van der Waals surface area contributed by atoms with E-state index in [0.29, 0.717) is 4.47 Å². The summed E-state index contributed by atoms with van der Waals surface area (Å²) in [5.41, 5.74) is 0. The van der Waals surface area contributed by atoms with E-state index in [9.17, 15) is 8.42 Å². The van der Waals surface area contributed by atoms with Crippen LogP contribution in [0.2, 0.25) is 0 Å². The lowest BCUT2D eigenvalue weighted by Crippen LogP contribution is -2.31. The van der Waals surface area contributed by atoms with Crippen molar-refractivity contribution in [2.24, 2.45) is 0 Å². The van der Waals surface area contributed by atoms with Crippen molar-refractivity contribution in [1.82, 2.24) is 4.72 Å². The molecule has 0 amide bonds. The van der Waals surface area contributed by atoms with Gasteiger partial charge in [0.25, 0.3) is 0 Å². The lowest BCUT2D eigenvalue weighted by Gasteiger charge is -2.08. The third-order valence-corrected chi connectivity index (χ3v) is 3.72. The topological polar surface area (TPSA) is 46.2 Å². The Labute approximate surface area is 98.1 Å². The fourth-order valence-corrected chi connectivity index (χ4v) is 2.73. The van der Waals surface area contributed by atoms with Crippen LogP contribution in [-0.4, -0.2) is 14.5 Å². The van der Waals surface area contributed by atoms with Gasteiger partial charge >= 0.3 is 0 Å². The highest BCUT2D eigenvalue weighted by Crippen LogP contribution is 2.15. The van der Waals surface area contributed by atoms with E-state index in [1.165, 1.54) is 12.1 Å². The third-order valence-electron chi connectivity index (χ3n) is 1.69. The van der Waals surface area contributed by atoms with E-state index >= 15 is 0 Å². The van der Waals surface area contributed by atoms with Crippen LogP contribution >= 0.6 is 15.9 Å². The van der Waals surface area contributed by atoms with Gasteiger partial charge in [0.05, 0.1) is 10.9 Å². The van der Waals surface area contributed by atoms with Crippen LogP contribution in [0.1, 0.15) is 6.92 Å². The molecular formula is C10H10BrNO2S. The molecule has 5 heteroatoms. The Morgan fingerprint density at radius 2 is 2.20 bits per heavy atom. The van der Waals surface area contributed by atoms with Crippen molar-refractivity contribution in [2.75, 3.05) is 0 Å². The Kier molecular flexibility index (Phi) is 3.91. The molecule has 0 aliphatic heterocycles. The number of sulfonamides is 1. The van der Waals surface area contributed by atoms with E-state index in [2.05, 4.69) is 26.6 Å². The molecule has 1 atom stereocenters. The molecule has 15 heavy (non-hydrogen) atoms. The fourth-order valence-electron chi connectivity index (χ4n) is 0.969. The summed E-state index contributed by atoms with van der Waals surface area (Å²) in [4.78, 5) is 0.193. The Balaban J connectivity index is 3.03. The van der Waals surface area contributed by atoms with E-state index in [1.807, 2.05) is 0 Å². The van der Waals surface area contributed by atoms with E-state index in [4.69, 9.17) is 6.42 Å². The van der Waals surface area contributed by atoms with Crippen molar-refractivity contribution in [2.45, 2.75) is 17.9 Å². The van der Waals surface area contributed by atoms with Gasteiger partial charge in [0, 0.05) is 4.47 Å². The van der Waals surface area contributed by atoms with Crippen LogP contribution in [-0.2, 0) is 10.0 Å². The van der Waals surface area contributed by atoms with Crippen LogP contribution in [0.3, 0.4) is 0 Å². The first-order valence-corrected chi connectivity index (χ1v) is 6.47. The van der Waals surface area contributed by atoms with Crippen molar-refractivity contribution in [3.05, 3.63) is 28.7 Å². The summed E-state index contributed by atoms with van der Waals surface area (Å²) in [7, 11) is -3.52. The summed E-state index contributed by atoms with van der Waals surface area (Å²) >= 11 is 3.21. The molecule has 1 rings (SSSR count). The number of benzene rings is 1. The summed E-state index contributed by atoms with van der Waals surface area (Å²) in [5, 5.41) is 0. The molecule has 80 valence electrons. The van der Waals surface area contributed by atoms with Gasteiger partial charge < -0.3 is 0 Å². The highest BCUT2D eigenvalue weighted by molar-refractivity contribution is 9.10. The lowest BCUT2D eigenvalue weighted by molar-refractivity contribution is 0.577. The van der Waals surface area contributed by atoms with Gasteiger partial charge in [0.1, 0.15) is 0 Å². The Morgan fingerprint density at radius 1 is 1.53 bits per heavy atom. The average molecular weight is 288 g/mol. The highest BCUT2D eigenvalue weighted by Gasteiger charge is 2.15. The SMILES string of the molecule is C#C[C@@H](C)NS(=O)(=O)c1cccc(Br)c1. The molecule has 0 saturated heterocycles. The molecule has 1 N–H and O–H groups in total. The maximum atomic E-state index is 11.7. The monoisotopic (exact) mass is 287 g/mol. The predicted octanol–water partition coefficient (Wildman–Crippen LogP) is 1.75. The maximum Gasteiger partial charge on any atom is 0.241 e. The molecule has 0 radical (unpaired) electrons. The number of hydrogen-bond donors (Lipinski definition) is 1. The van der Waals surface area contributed by atoms with Crippen LogP contribution in [0.25, 0.3) is 0 Å². The standard InChI is InChI=1S/C10H10BrNO2S/c1-3-8(2)12-15(13,14)10-6-4-5-9(11)7-10/h1,4-8,12H,2H3/t8-/m1/s1. The van der Waals surface area contributed by atoms with Crippen LogP contribution in [0.4, 0.5) is 0 Å². The number of hydrogen-bond acceptors (Lipinski definition) is 2. The van der Waals surface area contributed by atoms with Gasteiger partial charge in [-0.3, -0.25) is 0 Å². The third kappa shape index (κ3) is 3.34. The number of terminal acetylenes is 1. The highest BCUT2D eigenvalue weighted by atomic mass is 79.9. The summed E-state index contributed by atoms with van der Waals surface area (Å²) in [6, 6.07) is 5.92. The Morgan fingerprint density at radius 3 is 2.73 bits per heavy atom. The quantitative estimate of drug-likeness (QED) is 0.861. The van der Waals surface area contributed by atoms with Crippen LogP contribution < -0.4 is 4.72 Å². The van der Waals surface area contributed by atoms with Gasteiger partial charge in [-0.2, -0.15) is 4.72 Å². The van der Waals surface area contributed by atoms with Gasteiger partial charge in [-0.1, -0.05) is 27.9 Å². The predicted molar refractivity (Wildman–Crippen MR) is 62.8 cm³/mol. The van der Waals surface area contributed by atoms with Crippen LogP contribution in [0.15, 0.2) is 33.6 Å². The van der Waals surface area contributed by atoms with E-state index in [0.717, 1.165) is 0 Å². The molecule has 0 aromatic heterocycles. The average Bonchev–Trinajstić information content (AvgIpc) is 2.17. The zero-order valence-electron chi connectivity index (χ0n) is 8.07. The van der Waals surface area contributed by atoms with Crippen molar-refractivity contribution >= 4 is 26.0 Å². The molecule has 0 saturated carbocycles. The molecule has 0 heterocycles. The maximum absolute atomic E-state index is 11.7. The smallest absolute Gasteiger partial charge is 0.207 e. The number of rotatable bonds is 3. The van der Waals surface area contributed by atoms with Crippen molar-refractivity contribution in [3.8, 4) is 12.3 Å². The molecule has 0 aliphatic carbocycles. The molecule has 0 aliphatic rings. The van der Waals surface area contributed by atoms with Gasteiger partial charge in [0.15, 0.2) is 0 Å². The molecule has 0 unspecified atom stereocenters. The van der Waals surface area contributed by atoms with Crippen molar-refractivity contribution < 1.29 is 8.42 Å². The first-order chi connectivity index (χ1) is 6.95. The molecule has 0 bridgehead atoms. The fraction of sp³-hybridized carbons (Fsp3) is 0.200. The van der Waals surface area contributed by atoms with Crippen LogP contribution in [0, 0.1) is 12.3 Å². The summed E-state index contributed by atoms with van der Waals surface area (Å²) in [5.74, 6) is 2.30. The number of nitrogens with one attached hydrogen (secondary N) is 1. The van der Waals surface area contributed by atoms with Gasteiger partial charge in [-0.25, -0.2) is 8.42 Å². The van der Waals surface area contributed by atoms with E-state index in [1.54, 1.807) is 19.1 Å². The second kappa shape index (κ2) is 4.79. The second-order valence-corrected chi connectivity index (χ2v) is 5.60. The lowest BCUT2D eigenvalue weighted by atomic mass is 10.4. The Bertz CT molecular complexity index is 490. The van der Waals surface area contributed by atoms with Gasteiger partial charge in [-0.15, -0.1) is 6.42 Å². The zero-order chi connectivity index (χ0) is 11.5. The summed E-state index contributed by atoms with van der Waals surface area (Å²) < 4.78 is 26.5. The molecule has 0 spiro atoms. The Hall–Kier alpha value is -0.830. The summed E-state index contributed by atoms with van der Waals surface area (Å²) in [6.07, 6.45) is 5.10. The number of halogens is 1. The van der Waals surface area contributed by atoms with E-state index in [-0.39, 0.29) is 4.90 Å². The molecular weight excluding hydrogens is 278 g/mol. The molecule has 0 fully saturated rings. The van der Waals surface area contributed by atoms with Crippen molar-refractivity contribution in [1.29, 1.82) is 0 Å². The molecule has 1 aromatic carbocycles. The summed E-state index contributed by atoms with van der Waals surface area (Å²) in [6.45, 7) is 1.61. The largest absolute Gasteiger partial charge is 0.241 e. The first kappa shape index (κ1) is 12.2. The second-order valence-electron chi connectivity index (χ2n) is 2.97. The van der Waals surface area contributed by atoms with Gasteiger partial charge in [-0.05, 0) is 25.1 Å². The van der Waals surface area contributed by atoms with Crippen LogP contribution in [0.5, 0.6) is 0 Å². The normalized spacial score (nSPS) is 13.1.